The van der Waals surface area contributed by atoms with E-state index in [1.54, 1.807) is 12.1 Å². The van der Waals surface area contributed by atoms with Gasteiger partial charge in [-0.1, -0.05) is 11.8 Å². The normalized spacial score (nSPS) is 18.1. The number of anilines is 2. The Morgan fingerprint density at radius 3 is 2.51 bits per heavy atom. The molecular weight excluding hydrogens is 465 g/mol. The highest BCUT2D eigenvalue weighted by Gasteiger charge is 2.22. The molecule has 9 heteroatoms. The number of hydrogen-bond donors (Lipinski definition) is 1. The number of aromatic nitrogens is 3. The molecule has 1 aromatic heterocycles. The summed E-state index contributed by atoms with van der Waals surface area (Å²) in [4.78, 5) is 15.1. The summed E-state index contributed by atoms with van der Waals surface area (Å²) in [6.45, 7) is 3.53. The van der Waals surface area contributed by atoms with Gasteiger partial charge in [-0.15, -0.1) is 10.2 Å². The first kappa shape index (κ1) is 23.8. The smallest absolute Gasteiger partial charge is 0.234 e. The fourth-order valence-electron chi connectivity index (χ4n) is 4.60. The molecule has 0 radical (unpaired) electrons. The number of hydrogen-bond acceptors (Lipinski definition) is 6. The first-order valence-electron chi connectivity index (χ1n) is 12.2. The Bertz CT molecular complexity index is 1120. The van der Waals surface area contributed by atoms with Gasteiger partial charge in [0.1, 0.15) is 5.82 Å². The number of benzene rings is 2. The van der Waals surface area contributed by atoms with E-state index >= 15 is 0 Å². The van der Waals surface area contributed by atoms with Crippen molar-refractivity contribution in [3.05, 3.63) is 54.3 Å². The van der Waals surface area contributed by atoms with Crippen LogP contribution in [0.3, 0.4) is 0 Å². The summed E-state index contributed by atoms with van der Waals surface area (Å²) in [6.07, 6.45) is 5.84. The van der Waals surface area contributed by atoms with Crippen LogP contribution in [-0.2, 0) is 16.1 Å². The lowest BCUT2D eigenvalue weighted by molar-refractivity contribution is -0.113. The molecule has 0 aliphatic carbocycles. The number of halogens is 1. The molecule has 0 saturated carbocycles. The van der Waals surface area contributed by atoms with Crippen molar-refractivity contribution < 1.29 is 13.9 Å². The zero-order chi connectivity index (χ0) is 24.0. The van der Waals surface area contributed by atoms with E-state index in [0.29, 0.717) is 17.5 Å². The van der Waals surface area contributed by atoms with Crippen molar-refractivity contribution >= 4 is 29.0 Å². The Morgan fingerprint density at radius 1 is 1.03 bits per heavy atom. The van der Waals surface area contributed by atoms with Crippen molar-refractivity contribution in [2.75, 3.05) is 35.7 Å². The molecule has 2 aliphatic heterocycles. The first-order chi connectivity index (χ1) is 17.2. The Balaban J connectivity index is 1.23. The minimum Gasteiger partial charge on any atom is -0.376 e. The third kappa shape index (κ3) is 6.02. The van der Waals surface area contributed by atoms with Crippen molar-refractivity contribution in [3.8, 4) is 11.4 Å². The highest BCUT2D eigenvalue weighted by molar-refractivity contribution is 7.99. The van der Waals surface area contributed by atoms with E-state index in [2.05, 4.69) is 32.5 Å². The molecule has 5 rings (SSSR count). The third-order valence-corrected chi connectivity index (χ3v) is 7.40. The molecule has 3 aromatic rings. The van der Waals surface area contributed by atoms with Crippen LogP contribution in [0.5, 0.6) is 0 Å². The minimum atomic E-state index is -0.297. The van der Waals surface area contributed by atoms with Gasteiger partial charge in [0.25, 0.3) is 0 Å². The Kier molecular flexibility index (Phi) is 7.63. The molecule has 7 nitrogen and oxygen atoms in total. The fourth-order valence-corrected chi connectivity index (χ4v) is 5.35. The molecule has 0 bridgehead atoms. The van der Waals surface area contributed by atoms with Gasteiger partial charge in [0.15, 0.2) is 11.0 Å². The van der Waals surface area contributed by atoms with E-state index in [1.807, 2.05) is 16.7 Å². The number of carbonyl (C=O) groups is 1. The largest absolute Gasteiger partial charge is 0.376 e. The Labute approximate surface area is 209 Å². The van der Waals surface area contributed by atoms with E-state index in [0.717, 1.165) is 43.8 Å². The molecule has 2 saturated heterocycles. The average molecular weight is 496 g/mol. The quantitative estimate of drug-likeness (QED) is 0.444. The second-order valence-corrected chi connectivity index (χ2v) is 9.93. The Hall–Kier alpha value is -2.91. The number of piperidine rings is 1. The lowest BCUT2D eigenvalue weighted by Crippen LogP contribution is -2.29. The van der Waals surface area contributed by atoms with Crippen molar-refractivity contribution in [3.63, 3.8) is 0 Å². The lowest BCUT2D eigenvalue weighted by Gasteiger charge is -2.28. The zero-order valence-corrected chi connectivity index (χ0v) is 20.5. The van der Waals surface area contributed by atoms with Crippen LogP contribution in [0.4, 0.5) is 15.8 Å². The maximum Gasteiger partial charge on any atom is 0.234 e. The van der Waals surface area contributed by atoms with Crippen LogP contribution in [-0.4, -0.2) is 52.2 Å². The third-order valence-electron chi connectivity index (χ3n) is 6.43. The van der Waals surface area contributed by atoms with E-state index in [9.17, 15) is 9.18 Å². The average Bonchev–Trinajstić information content (AvgIpc) is 3.55. The van der Waals surface area contributed by atoms with Gasteiger partial charge in [-0.3, -0.25) is 9.36 Å². The molecule has 35 heavy (non-hydrogen) atoms. The predicted octanol–water partition coefficient (Wildman–Crippen LogP) is 4.98. The summed E-state index contributed by atoms with van der Waals surface area (Å²) in [5.41, 5.74) is 2.76. The zero-order valence-electron chi connectivity index (χ0n) is 19.7. The molecule has 0 spiro atoms. The van der Waals surface area contributed by atoms with Crippen molar-refractivity contribution in [1.29, 1.82) is 0 Å². The molecule has 1 atom stereocenters. The van der Waals surface area contributed by atoms with Crippen LogP contribution in [0, 0.1) is 5.82 Å². The summed E-state index contributed by atoms with van der Waals surface area (Å²) < 4.78 is 21.2. The molecule has 2 aromatic carbocycles. The maximum absolute atomic E-state index is 13.4. The Morgan fingerprint density at radius 2 is 1.80 bits per heavy atom. The van der Waals surface area contributed by atoms with Crippen LogP contribution in [0.15, 0.2) is 53.7 Å². The van der Waals surface area contributed by atoms with Crippen LogP contribution in [0.25, 0.3) is 11.4 Å². The number of nitrogens with one attached hydrogen (secondary N) is 1. The number of amides is 1. The molecule has 2 aliphatic rings. The second kappa shape index (κ2) is 11.2. The number of rotatable bonds is 8. The van der Waals surface area contributed by atoms with Crippen molar-refractivity contribution in [2.24, 2.45) is 0 Å². The van der Waals surface area contributed by atoms with Gasteiger partial charge >= 0.3 is 0 Å². The SMILES string of the molecule is O=C(CSc1nnc(-c2ccc(F)cc2)n1C[C@@H]1CCCO1)Nc1ccc(N2CCCCC2)cc1. The predicted molar refractivity (Wildman–Crippen MR) is 136 cm³/mol. The van der Waals surface area contributed by atoms with Gasteiger partial charge in [-0.25, -0.2) is 4.39 Å². The highest BCUT2D eigenvalue weighted by Crippen LogP contribution is 2.27. The van der Waals surface area contributed by atoms with Gasteiger partial charge in [-0.2, -0.15) is 0 Å². The molecule has 0 unspecified atom stereocenters. The van der Waals surface area contributed by atoms with Crippen molar-refractivity contribution in [2.45, 2.75) is 49.9 Å². The van der Waals surface area contributed by atoms with E-state index in [4.69, 9.17) is 4.74 Å². The molecular formula is C26H30FN5O2S. The van der Waals surface area contributed by atoms with Crippen LogP contribution >= 0.6 is 11.8 Å². The summed E-state index contributed by atoms with van der Waals surface area (Å²) in [7, 11) is 0. The van der Waals surface area contributed by atoms with Crippen LogP contribution < -0.4 is 10.2 Å². The summed E-state index contributed by atoms with van der Waals surface area (Å²) in [5.74, 6) is 0.461. The summed E-state index contributed by atoms with van der Waals surface area (Å²) in [5, 5.41) is 12.3. The van der Waals surface area contributed by atoms with Crippen LogP contribution in [0.2, 0.25) is 0 Å². The van der Waals surface area contributed by atoms with Gasteiger partial charge in [0.2, 0.25) is 5.91 Å². The fraction of sp³-hybridized carbons (Fsp3) is 0.423. The molecule has 1 amide bonds. The van der Waals surface area contributed by atoms with Gasteiger partial charge in [0, 0.05) is 36.6 Å². The number of nitrogens with zero attached hydrogens (tertiary/aromatic N) is 4. The summed E-state index contributed by atoms with van der Waals surface area (Å²) >= 11 is 1.34. The second-order valence-electron chi connectivity index (χ2n) is 8.99. The topological polar surface area (TPSA) is 72.3 Å². The number of thioether (sulfide) groups is 1. The molecule has 3 heterocycles. The summed E-state index contributed by atoms with van der Waals surface area (Å²) in [6, 6.07) is 14.3. The van der Waals surface area contributed by atoms with E-state index in [1.165, 1.54) is 48.8 Å². The molecule has 1 N–H and O–H groups in total. The van der Waals surface area contributed by atoms with Gasteiger partial charge in [0.05, 0.1) is 18.4 Å². The molecule has 184 valence electrons. The van der Waals surface area contributed by atoms with Gasteiger partial charge in [-0.05, 0) is 80.6 Å². The molecule has 2 fully saturated rings. The monoisotopic (exact) mass is 495 g/mol. The lowest BCUT2D eigenvalue weighted by atomic mass is 10.1. The highest BCUT2D eigenvalue weighted by atomic mass is 32.2. The standard InChI is InChI=1S/C26H30FN5O2S/c27-20-8-6-19(7-9-20)25-29-30-26(32(25)17-23-5-4-16-34-23)35-18-24(33)28-21-10-12-22(13-11-21)31-14-2-1-3-15-31/h6-13,23H,1-5,14-18H2,(H,28,33)/t23-/m0/s1. The van der Waals surface area contributed by atoms with Crippen molar-refractivity contribution in [1.82, 2.24) is 14.8 Å². The van der Waals surface area contributed by atoms with E-state index in [-0.39, 0.29) is 23.6 Å². The maximum atomic E-state index is 13.4. The number of ether oxygens (including phenoxy) is 1. The number of carbonyl (C=O) groups excluding carboxylic acids is 1. The van der Waals surface area contributed by atoms with Gasteiger partial charge < -0.3 is 15.0 Å². The van der Waals surface area contributed by atoms with E-state index < -0.39 is 0 Å². The first-order valence-corrected chi connectivity index (χ1v) is 13.2. The van der Waals surface area contributed by atoms with Crippen LogP contribution in [0.1, 0.15) is 32.1 Å². The minimum absolute atomic E-state index is 0.0804.